The third-order valence-electron chi connectivity index (χ3n) is 2.06. The first-order chi connectivity index (χ1) is 7.72. The molecule has 0 spiro atoms. The van der Waals surface area contributed by atoms with Crippen LogP contribution in [0.5, 0.6) is 5.75 Å². The molecule has 2 aromatic rings. The van der Waals surface area contributed by atoms with E-state index in [0.29, 0.717) is 11.0 Å². The minimum absolute atomic E-state index is 0.176. The van der Waals surface area contributed by atoms with E-state index >= 15 is 0 Å². The van der Waals surface area contributed by atoms with Gasteiger partial charge in [-0.05, 0) is 18.2 Å². The Balaban J connectivity index is 2.59. The molecule has 1 aromatic carbocycles. The lowest BCUT2D eigenvalue weighted by Crippen LogP contribution is -2.07. The molecule has 1 heterocycles. The molecule has 0 saturated heterocycles. The van der Waals surface area contributed by atoms with Gasteiger partial charge in [0.1, 0.15) is 18.5 Å². The summed E-state index contributed by atoms with van der Waals surface area (Å²) in [6.07, 6.45) is 2.90. The van der Waals surface area contributed by atoms with Crippen molar-refractivity contribution in [2.45, 2.75) is 0 Å². The summed E-state index contributed by atoms with van der Waals surface area (Å²) in [7, 11) is 0. The molecule has 0 atom stereocenters. The number of benzene rings is 1. The van der Waals surface area contributed by atoms with Crippen LogP contribution in [-0.4, -0.2) is 6.61 Å². The molecular weight excluding hydrogens is 272 g/mol. The fourth-order valence-corrected chi connectivity index (χ4v) is 1.70. The molecule has 16 heavy (non-hydrogen) atoms. The molecule has 0 radical (unpaired) electrons. The Labute approximate surface area is 100 Å². The van der Waals surface area contributed by atoms with Gasteiger partial charge >= 0.3 is 0 Å². The van der Waals surface area contributed by atoms with Crippen molar-refractivity contribution in [3.05, 3.63) is 51.8 Å². The number of rotatable bonds is 3. The van der Waals surface area contributed by atoms with E-state index < -0.39 is 0 Å². The second-order valence-electron chi connectivity index (χ2n) is 3.17. The van der Waals surface area contributed by atoms with Crippen molar-refractivity contribution in [3.8, 4) is 5.75 Å². The molecule has 0 N–H and O–H groups in total. The molecule has 0 amide bonds. The van der Waals surface area contributed by atoms with Crippen LogP contribution in [0.25, 0.3) is 11.0 Å². The summed E-state index contributed by atoms with van der Waals surface area (Å²) in [6.45, 7) is 3.80. The first-order valence-electron chi connectivity index (χ1n) is 4.67. The van der Waals surface area contributed by atoms with Crippen molar-refractivity contribution in [2.24, 2.45) is 0 Å². The number of hydrogen-bond acceptors (Lipinski definition) is 3. The molecule has 1 aromatic heterocycles. The van der Waals surface area contributed by atoms with Gasteiger partial charge in [0, 0.05) is 4.47 Å². The zero-order valence-electron chi connectivity index (χ0n) is 8.40. The highest BCUT2D eigenvalue weighted by atomic mass is 79.9. The molecule has 4 heteroatoms. The second-order valence-corrected chi connectivity index (χ2v) is 4.08. The predicted molar refractivity (Wildman–Crippen MR) is 65.9 cm³/mol. The van der Waals surface area contributed by atoms with Crippen molar-refractivity contribution in [2.75, 3.05) is 6.61 Å². The van der Waals surface area contributed by atoms with Crippen LogP contribution in [0.1, 0.15) is 0 Å². The SMILES string of the molecule is C=CCOc1coc2ccc(Br)cc2c1=O. The molecule has 0 fully saturated rings. The van der Waals surface area contributed by atoms with Crippen molar-refractivity contribution in [1.29, 1.82) is 0 Å². The molecule has 0 aliphatic rings. The highest BCUT2D eigenvalue weighted by molar-refractivity contribution is 9.10. The van der Waals surface area contributed by atoms with Gasteiger partial charge in [-0.1, -0.05) is 28.6 Å². The average Bonchev–Trinajstić information content (AvgIpc) is 2.29. The van der Waals surface area contributed by atoms with Crippen molar-refractivity contribution in [1.82, 2.24) is 0 Å². The molecular formula is C12H9BrO3. The molecule has 0 aliphatic heterocycles. The van der Waals surface area contributed by atoms with Crippen LogP contribution in [0, 0.1) is 0 Å². The minimum atomic E-state index is -0.176. The third kappa shape index (κ3) is 2.02. The Morgan fingerprint density at radius 2 is 2.31 bits per heavy atom. The van der Waals surface area contributed by atoms with Crippen LogP contribution in [0.3, 0.4) is 0 Å². The van der Waals surface area contributed by atoms with Gasteiger partial charge < -0.3 is 9.15 Å². The predicted octanol–water partition coefficient (Wildman–Crippen LogP) is 3.12. The van der Waals surface area contributed by atoms with Gasteiger partial charge in [-0.25, -0.2) is 0 Å². The fraction of sp³-hybridized carbons (Fsp3) is 0.0833. The summed E-state index contributed by atoms with van der Waals surface area (Å²) < 4.78 is 11.3. The second kappa shape index (κ2) is 4.53. The van der Waals surface area contributed by atoms with Gasteiger partial charge in [-0.15, -0.1) is 0 Å². The van der Waals surface area contributed by atoms with E-state index in [0.717, 1.165) is 4.47 Å². The Hall–Kier alpha value is -1.55. The van der Waals surface area contributed by atoms with Crippen LogP contribution in [0.2, 0.25) is 0 Å². The maximum Gasteiger partial charge on any atom is 0.234 e. The number of fused-ring (bicyclic) bond motifs is 1. The molecule has 0 unspecified atom stereocenters. The Bertz CT molecular complexity index is 586. The van der Waals surface area contributed by atoms with Gasteiger partial charge in [0.25, 0.3) is 0 Å². The van der Waals surface area contributed by atoms with Crippen LogP contribution >= 0.6 is 15.9 Å². The van der Waals surface area contributed by atoms with Gasteiger partial charge in [0.2, 0.25) is 11.2 Å². The van der Waals surface area contributed by atoms with Crippen LogP contribution in [0.4, 0.5) is 0 Å². The first kappa shape index (κ1) is 11.0. The van der Waals surface area contributed by atoms with E-state index in [9.17, 15) is 4.79 Å². The lowest BCUT2D eigenvalue weighted by molar-refractivity contribution is 0.348. The van der Waals surface area contributed by atoms with Crippen LogP contribution < -0.4 is 10.2 Å². The van der Waals surface area contributed by atoms with Gasteiger partial charge in [0.05, 0.1) is 5.39 Å². The average molecular weight is 281 g/mol. The Morgan fingerprint density at radius 1 is 1.50 bits per heavy atom. The Kier molecular flexibility index (Phi) is 3.10. The molecule has 0 saturated carbocycles. The summed E-state index contributed by atoms with van der Waals surface area (Å²) in [5, 5.41) is 0.496. The maximum absolute atomic E-state index is 11.9. The summed E-state index contributed by atoms with van der Waals surface area (Å²) in [4.78, 5) is 11.9. The number of halogens is 1. The van der Waals surface area contributed by atoms with E-state index in [1.165, 1.54) is 6.26 Å². The molecule has 0 aliphatic carbocycles. The third-order valence-corrected chi connectivity index (χ3v) is 2.55. The smallest absolute Gasteiger partial charge is 0.234 e. The van der Waals surface area contributed by atoms with Crippen molar-refractivity contribution >= 4 is 26.9 Å². The largest absolute Gasteiger partial charge is 0.482 e. The van der Waals surface area contributed by atoms with Gasteiger partial charge in [0.15, 0.2) is 0 Å². The standard InChI is InChI=1S/C12H9BrO3/c1-2-5-15-11-7-16-10-4-3-8(13)6-9(10)12(11)14/h2-4,6-7H,1,5H2. The van der Waals surface area contributed by atoms with Gasteiger partial charge in [-0.2, -0.15) is 0 Å². The normalized spacial score (nSPS) is 10.3. The van der Waals surface area contributed by atoms with Gasteiger partial charge in [-0.3, -0.25) is 4.79 Å². The van der Waals surface area contributed by atoms with E-state index in [2.05, 4.69) is 22.5 Å². The van der Waals surface area contributed by atoms with Crippen molar-refractivity contribution < 1.29 is 9.15 Å². The van der Waals surface area contributed by atoms with E-state index in [4.69, 9.17) is 9.15 Å². The summed E-state index contributed by atoms with van der Waals surface area (Å²) in [5.41, 5.74) is 0.364. The molecule has 3 nitrogen and oxygen atoms in total. The fourth-order valence-electron chi connectivity index (χ4n) is 1.33. The summed E-state index contributed by atoms with van der Waals surface area (Å²) in [6, 6.07) is 5.26. The maximum atomic E-state index is 11.9. The molecule has 0 bridgehead atoms. The van der Waals surface area contributed by atoms with Crippen molar-refractivity contribution in [3.63, 3.8) is 0 Å². The van der Waals surface area contributed by atoms with E-state index in [-0.39, 0.29) is 17.8 Å². The highest BCUT2D eigenvalue weighted by Crippen LogP contribution is 2.19. The minimum Gasteiger partial charge on any atom is -0.482 e. The van der Waals surface area contributed by atoms with E-state index in [1.54, 1.807) is 18.2 Å². The Morgan fingerprint density at radius 3 is 3.06 bits per heavy atom. The van der Waals surface area contributed by atoms with Crippen LogP contribution in [0.15, 0.2) is 50.8 Å². The van der Waals surface area contributed by atoms with Crippen LogP contribution in [-0.2, 0) is 0 Å². The number of ether oxygens (including phenoxy) is 1. The zero-order valence-corrected chi connectivity index (χ0v) is 9.99. The monoisotopic (exact) mass is 280 g/mol. The number of hydrogen-bond donors (Lipinski definition) is 0. The zero-order chi connectivity index (χ0) is 11.5. The summed E-state index contributed by atoms with van der Waals surface area (Å²) >= 11 is 3.31. The highest BCUT2D eigenvalue weighted by Gasteiger charge is 2.07. The molecule has 2 rings (SSSR count). The quantitative estimate of drug-likeness (QED) is 0.811. The molecule has 82 valence electrons. The van der Waals surface area contributed by atoms with E-state index in [1.807, 2.05) is 6.07 Å². The first-order valence-corrected chi connectivity index (χ1v) is 5.46. The lowest BCUT2D eigenvalue weighted by atomic mass is 10.2. The summed E-state index contributed by atoms with van der Waals surface area (Å²) in [5.74, 6) is 0.200. The topological polar surface area (TPSA) is 39.4 Å². The lowest BCUT2D eigenvalue weighted by Gasteiger charge is -2.03.